The van der Waals surface area contributed by atoms with Crippen molar-refractivity contribution in [3.63, 3.8) is 0 Å². The van der Waals surface area contributed by atoms with Gasteiger partial charge in [-0.15, -0.1) is 10.2 Å². The summed E-state index contributed by atoms with van der Waals surface area (Å²) in [5.74, 6) is -2.90. The van der Waals surface area contributed by atoms with Gasteiger partial charge >= 0.3 is 0 Å². The maximum atomic E-state index is 13.6. The quantitative estimate of drug-likeness (QED) is 0.512. The summed E-state index contributed by atoms with van der Waals surface area (Å²) in [7, 11) is 0. The zero-order valence-electron chi connectivity index (χ0n) is 12.0. The molecule has 1 aromatic heterocycles. The highest BCUT2D eigenvalue weighted by Gasteiger charge is 2.17. The average Bonchev–Trinajstić information content (AvgIpc) is 3.04. The highest BCUT2D eigenvalue weighted by molar-refractivity contribution is 7.99. The van der Waals surface area contributed by atoms with Crippen molar-refractivity contribution >= 4 is 17.5 Å². The number of hydrogen-bond acceptors (Lipinski definition) is 5. The number of benzene rings is 2. The number of carbonyl (C=O) groups excluding carboxylic acids is 1. The van der Waals surface area contributed by atoms with Gasteiger partial charge in [-0.2, -0.15) is 0 Å². The molecule has 24 heavy (non-hydrogen) atoms. The van der Waals surface area contributed by atoms with Gasteiger partial charge in [0.25, 0.3) is 11.1 Å². The van der Waals surface area contributed by atoms with Crippen molar-refractivity contribution in [2.24, 2.45) is 0 Å². The lowest BCUT2D eigenvalue weighted by Gasteiger charge is -2.01. The number of thioether (sulfide) groups is 1. The van der Waals surface area contributed by atoms with Crippen LogP contribution in [-0.2, 0) is 0 Å². The van der Waals surface area contributed by atoms with Gasteiger partial charge in [0.15, 0.2) is 5.78 Å². The van der Waals surface area contributed by atoms with Gasteiger partial charge in [0.2, 0.25) is 0 Å². The standard InChI is InChI=1S/C16H9F3N2O2S/c17-9-5-6-13(19)11(7-9)14(22)8-24-16-21-20-15(23-16)10-3-1-2-4-12(10)18/h1-7H,8H2. The second kappa shape index (κ2) is 6.88. The largest absolute Gasteiger partial charge is 0.411 e. The number of Topliss-reactive ketones (excluding diaryl/α,β-unsaturated/α-hetero) is 1. The molecule has 122 valence electrons. The van der Waals surface area contributed by atoms with E-state index in [-0.39, 0.29) is 28.0 Å². The first-order valence-electron chi connectivity index (χ1n) is 6.74. The molecule has 0 saturated heterocycles. The second-order valence-corrected chi connectivity index (χ2v) is 5.62. The SMILES string of the molecule is O=C(CSc1nnc(-c2ccccc2F)o1)c1cc(F)ccc1F. The van der Waals surface area contributed by atoms with Crippen LogP contribution in [0.3, 0.4) is 0 Å². The van der Waals surface area contributed by atoms with Crippen molar-refractivity contribution in [2.75, 3.05) is 5.75 Å². The molecule has 0 atom stereocenters. The van der Waals surface area contributed by atoms with Crippen molar-refractivity contribution in [1.29, 1.82) is 0 Å². The van der Waals surface area contributed by atoms with E-state index in [0.29, 0.717) is 0 Å². The second-order valence-electron chi connectivity index (χ2n) is 4.69. The molecule has 3 aromatic rings. The molecule has 4 nitrogen and oxygen atoms in total. The van der Waals surface area contributed by atoms with Crippen molar-refractivity contribution in [1.82, 2.24) is 10.2 Å². The molecule has 0 aliphatic rings. The lowest BCUT2D eigenvalue weighted by molar-refractivity contribution is 0.101. The third-order valence-electron chi connectivity index (χ3n) is 3.07. The summed E-state index contributed by atoms with van der Waals surface area (Å²) in [6.07, 6.45) is 0. The van der Waals surface area contributed by atoms with E-state index in [1.807, 2.05) is 0 Å². The third-order valence-corrected chi connectivity index (χ3v) is 3.88. The van der Waals surface area contributed by atoms with E-state index >= 15 is 0 Å². The minimum Gasteiger partial charge on any atom is -0.411 e. The lowest BCUT2D eigenvalue weighted by Crippen LogP contribution is -2.06. The van der Waals surface area contributed by atoms with E-state index in [9.17, 15) is 18.0 Å². The molecule has 0 fully saturated rings. The predicted molar refractivity (Wildman–Crippen MR) is 81.1 cm³/mol. The minimum absolute atomic E-state index is 0.0263. The van der Waals surface area contributed by atoms with E-state index in [0.717, 1.165) is 30.0 Å². The Kier molecular flexibility index (Phi) is 4.66. The zero-order valence-corrected chi connectivity index (χ0v) is 12.8. The van der Waals surface area contributed by atoms with Crippen LogP contribution in [0.1, 0.15) is 10.4 Å². The van der Waals surface area contributed by atoms with Crippen LogP contribution in [0.25, 0.3) is 11.5 Å². The monoisotopic (exact) mass is 350 g/mol. The first-order chi connectivity index (χ1) is 11.5. The van der Waals surface area contributed by atoms with Gasteiger partial charge in [-0.25, -0.2) is 13.2 Å². The maximum Gasteiger partial charge on any atom is 0.277 e. The molecule has 0 aliphatic heterocycles. The number of carbonyl (C=O) groups is 1. The van der Waals surface area contributed by atoms with E-state index in [4.69, 9.17) is 4.42 Å². The van der Waals surface area contributed by atoms with Crippen LogP contribution in [0.5, 0.6) is 0 Å². The number of nitrogens with zero attached hydrogens (tertiary/aromatic N) is 2. The summed E-state index contributed by atoms with van der Waals surface area (Å²) in [6.45, 7) is 0. The Bertz CT molecular complexity index is 899. The van der Waals surface area contributed by atoms with Crippen molar-refractivity contribution in [2.45, 2.75) is 5.22 Å². The first-order valence-corrected chi connectivity index (χ1v) is 7.72. The maximum absolute atomic E-state index is 13.6. The normalized spacial score (nSPS) is 10.8. The molecule has 3 rings (SSSR count). The molecule has 1 heterocycles. The number of halogens is 3. The number of rotatable bonds is 5. The van der Waals surface area contributed by atoms with Gasteiger partial charge in [0.05, 0.1) is 16.9 Å². The summed E-state index contributed by atoms with van der Waals surface area (Å²) in [6, 6.07) is 8.51. The molecule has 0 amide bonds. The predicted octanol–water partition coefficient (Wildman–Crippen LogP) is 4.13. The third kappa shape index (κ3) is 3.48. The number of aromatic nitrogens is 2. The Balaban J connectivity index is 1.71. The van der Waals surface area contributed by atoms with Gasteiger partial charge in [-0.3, -0.25) is 4.79 Å². The molecular formula is C16H9F3N2O2S. The van der Waals surface area contributed by atoms with Crippen LogP contribution < -0.4 is 0 Å². The molecular weight excluding hydrogens is 341 g/mol. The van der Waals surface area contributed by atoms with E-state index in [1.54, 1.807) is 6.07 Å². The Morgan fingerprint density at radius 2 is 1.83 bits per heavy atom. The molecule has 0 spiro atoms. The Hall–Kier alpha value is -2.61. The summed E-state index contributed by atoms with van der Waals surface area (Å²) in [4.78, 5) is 11.9. The zero-order chi connectivity index (χ0) is 17.1. The minimum atomic E-state index is -0.806. The van der Waals surface area contributed by atoms with E-state index < -0.39 is 23.2 Å². The fourth-order valence-electron chi connectivity index (χ4n) is 1.93. The topological polar surface area (TPSA) is 56.0 Å². The van der Waals surface area contributed by atoms with E-state index in [1.165, 1.54) is 18.2 Å². The first kappa shape index (κ1) is 16.3. The number of ketones is 1. The van der Waals surface area contributed by atoms with Crippen molar-refractivity contribution < 1.29 is 22.4 Å². The lowest BCUT2D eigenvalue weighted by atomic mass is 10.1. The summed E-state index contributed by atoms with van der Waals surface area (Å²) in [5, 5.41) is 7.43. The summed E-state index contributed by atoms with van der Waals surface area (Å²) in [5.41, 5.74) is -0.212. The van der Waals surface area contributed by atoms with Gasteiger partial charge in [-0.05, 0) is 30.3 Å². The molecule has 0 radical (unpaired) electrons. The Morgan fingerprint density at radius 1 is 1.04 bits per heavy atom. The van der Waals surface area contributed by atoms with Crippen molar-refractivity contribution in [3.05, 3.63) is 65.5 Å². The smallest absolute Gasteiger partial charge is 0.277 e. The Labute approximate surface area is 138 Å². The van der Waals surface area contributed by atoms with Crippen LogP contribution in [0.4, 0.5) is 13.2 Å². The van der Waals surface area contributed by atoms with Gasteiger partial charge < -0.3 is 4.42 Å². The van der Waals surface area contributed by atoms with Gasteiger partial charge in [0.1, 0.15) is 17.5 Å². The number of hydrogen-bond donors (Lipinski definition) is 0. The van der Waals surface area contributed by atoms with Crippen molar-refractivity contribution in [3.8, 4) is 11.5 Å². The molecule has 2 aromatic carbocycles. The summed E-state index contributed by atoms with van der Waals surface area (Å²) >= 11 is 0.858. The average molecular weight is 350 g/mol. The van der Waals surface area contributed by atoms with E-state index in [2.05, 4.69) is 10.2 Å². The van der Waals surface area contributed by atoms with Crippen LogP contribution in [0.2, 0.25) is 0 Å². The molecule has 0 unspecified atom stereocenters. The fraction of sp³-hybridized carbons (Fsp3) is 0.0625. The van der Waals surface area contributed by atoms with Crippen LogP contribution in [-0.4, -0.2) is 21.7 Å². The van der Waals surface area contributed by atoms with Gasteiger partial charge in [-0.1, -0.05) is 23.9 Å². The molecule has 0 bridgehead atoms. The Morgan fingerprint density at radius 3 is 2.62 bits per heavy atom. The molecule has 0 saturated carbocycles. The van der Waals surface area contributed by atoms with Gasteiger partial charge in [0, 0.05) is 0 Å². The highest BCUT2D eigenvalue weighted by atomic mass is 32.2. The van der Waals surface area contributed by atoms with Crippen LogP contribution in [0, 0.1) is 17.5 Å². The fourth-order valence-corrected chi connectivity index (χ4v) is 2.57. The summed E-state index contributed by atoms with van der Waals surface area (Å²) < 4.78 is 45.5. The molecule has 0 N–H and O–H groups in total. The molecule has 8 heteroatoms. The highest BCUT2D eigenvalue weighted by Crippen LogP contribution is 2.25. The van der Waals surface area contributed by atoms with Crippen LogP contribution in [0.15, 0.2) is 52.1 Å². The van der Waals surface area contributed by atoms with Crippen LogP contribution >= 0.6 is 11.8 Å². The molecule has 0 aliphatic carbocycles.